The molecule has 1 saturated carbocycles. The Morgan fingerprint density at radius 3 is 2.27 bits per heavy atom. The highest BCUT2D eigenvalue weighted by Crippen LogP contribution is 2.23. The van der Waals surface area contributed by atoms with E-state index in [1.165, 1.54) is 25.7 Å². The van der Waals surface area contributed by atoms with Gasteiger partial charge in [0.2, 0.25) is 0 Å². The fourth-order valence-corrected chi connectivity index (χ4v) is 1.87. The summed E-state index contributed by atoms with van der Waals surface area (Å²) in [5.41, 5.74) is 0. The maximum atomic E-state index is 9.10. The van der Waals surface area contributed by atoms with Gasteiger partial charge in [-0.05, 0) is 33.6 Å². The first-order valence-corrected chi connectivity index (χ1v) is 6.04. The van der Waals surface area contributed by atoms with E-state index in [9.17, 15) is 0 Å². The van der Waals surface area contributed by atoms with Gasteiger partial charge in [0.1, 0.15) is 0 Å². The molecule has 0 radical (unpaired) electrons. The maximum absolute atomic E-state index is 9.10. The van der Waals surface area contributed by atoms with E-state index < -0.39 is 6.10 Å². The van der Waals surface area contributed by atoms with Gasteiger partial charge in [0, 0.05) is 0 Å². The Labute approximate surface area is 92.8 Å². The minimum absolute atomic E-state index is 0.0557. The highest BCUT2D eigenvalue weighted by Gasteiger charge is 2.21. The zero-order valence-electron chi connectivity index (χ0n) is 10.1. The van der Waals surface area contributed by atoms with Gasteiger partial charge in [-0.1, -0.05) is 12.8 Å². The Morgan fingerprint density at radius 1 is 1.13 bits per heavy atom. The van der Waals surface area contributed by atoms with Gasteiger partial charge in [-0.25, -0.2) is 0 Å². The van der Waals surface area contributed by atoms with Crippen LogP contribution in [0.25, 0.3) is 0 Å². The summed E-state index contributed by atoms with van der Waals surface area (Å²) in [4.78, 5) is 0. The van der Waals surface area contributed by atoms with Crippen molar-refractivity contribution in [3.05, 3.63) is 0 Å². The molecule has 0 bridgehead atoms. The zero-order chi connectivity index (χ0) is 11.3. The molecule has 0 aromatic carbocycles. The van der Waals surface area contributed by atoms with Gasteiger partial charge in [0.15, 0.2) is 0 Å². The third-order valence-electron chi connectivity index (χ3n) is 2.97. The molecule has 0 aromatic rings. The van der Waals surface area contributed by atoms with Crippen LogP contribution in [0.15, 0.2) is 0 Å². The van der Waals surface area contributed by atoms with E-state index in [4.69, 9.17) is 14.6 Å². The van der Waals surface area contributed by atoms with E-state index in [0.29, 0.717) is 12.7 Å². The van der Waals surface area contributed by atoms with Gasteiger partial charge < -0.3 is 14.6 Å². The van der Waals surface area contributed by atoms with Gasteiger partial charge in [-0.15, -0.1) is 0 Å². The van der Waals surface area contributed by atoms with Crippen molar-refractivity contribution in [1.29, 1.82) is 0 Å². The van der Waals surface area contributed by atoms with Crippen LogP contribution in [0.2, 0.25) is 0 Å². The molecular formula is C12H24O3. The second kappa shape index (κ2) is 6.46. The van der Waals surface area contributed by atoms with Crippen molar-refractivity contribution in [3.63, 3.8) is 0 Å². The molecule has 3 heteroatoms. The molecule has 15 heavy (non-hydrogen) atoms. The molecule has 0 heterocycles. The lowest BCUT2D eigenvalue weighted by Gasteiger charge is -2.24. The molecule has 0 amide bonds. The number of rotatable bonds is 6. The highest BCUT2D eigenvalue weighted by atomic mass is 16.5. The number of hydrogen-bond acceptors (Lipinski definition) is 3. The minimum atomic E-state index is -0.397. The Hall–Kier alpha value is -0.120. The molecule has 90 valence electrons. The van der Waals surface area contributed by atoms with Crippen molar-refractivity contribution >= 4 is 0 Å². The van der Waals surface area contributed by atoms with Gasteiger partial charge in [-0.2, -0.15) is 0 Å². The number of hydrogen-bond donors (Lipinski definition) is 1. The molecule has 3 atom stereocenters. The Bertz CT molecular complexity index is 164. The minimum Gasteiger partial charge on any atom is -0.391 e. The van der Waals surface area contributed by atoms with E-state index >= 15 is 0 Å². The summed E-state index contributed by atoms with van der Waals surface area (Å²) in [5.74, 6) is 0. The second-order valence-electron chi connectivity index (χ2n) is 4.64. The molecule has 1 fully saturated rings. The van der Waals surface area contributed by atoms with Crippen molar-refractivity contribution in [2.75, 3.05) is 6.61 Å². The molecule has 0 aromatic heterocycles. The van der Waals surface area contributed by atoms with E-state index in [-0.39, 0.29) is 12.2 Å². The largest absolute Gasteiger partial charge is 0.391 e. The zero-order valence-corrected chi connectivity index (χ0v) is 10.1. The second-order valence-corrected chi connectivity index (χ2v) is 4.64. The normalized spacial score (nSPS) is 24.0. The fraction of sp³-hybridized carbons (Fsp3) is 1.00. The van der Waals surface area contributed by atoms with Gasteiger partial charge in [0.25, 0.3) is 0 Å². The molecule has 3 nitrogen and oxygen atoms in total. The quantitative estimate of drug-likeness (QED) is 0.739. The average molecular weight is 216 g/mol. The summed E-state index contributed by atoms with van der Waals surface area (Å²) in [6.07, 6.45) is 5.16. The molecule has 1 N–H and O–H groups in total. The molecule has 1 rings (SSSR count). The summed E-state index contributed by atoms with van der Waals surface area (Å²) in [6, 6.07) is 0. The van der Waals surface area contributed by atoms with Crippen LogP contribution >= 0.6 is 0 Å². The van der Waals surface area contributed by atoms with Crippen molar-refractivity contribution in [3.8, 4) is 0 Å². The topological polar surface area (TPSA) is 38.7 Å². The Morgan fingerprint density at radius 2 is 1.73 bits per heavy atom. The fourth-order valence-electron chi connectivity index (χ4n) is 1.87. The molecule has 3 unspecified atom stereocenters. The van der Waals surface area contributed by atoms with E-state index in [1.54, 1.807) is 6.92 Å². The van der Waals surface area contributed by atoms with Crippen LogP contribution < -0.4 is 0 Å². The van der Waals surface area contributed by atoms with E-state index in [1.807, 2.05) is 13.8 Å². The van der Waals surface area contributed by atoms with Crippen LogP contribution in [0.5, 0.6) is 0 Å². The maximum Gasteiger partial charge on any atom is 0.0809 e. The van der Waals surface area contributed by atoms with Crippen molar-refractivity contribution < 1.29 is 14.6 Å². The van der Waals surface area contributed by atoms with Crippen LogP contribution in [-0.4, -0.2) is 36.1 Å². The first kappa shape index (κ1) is 12.9. The summed E-state index contributed by atoms with van der Waals surface area (Å²) in [7, 11) is 0. The predicted octanol–water partition coefficient (Wildman–Crippen LogP) is 2.12. The lowest BCUT2D eigenvalue weighted by molar-refractivity contribution is -0.0972. The smallest absolute Gasteiger partial charge is 0.0809 e. The third kappa shape index (κ3) is 4.96. The summed E-state index contributed by atoms with van der Waals surface area (Å²) in [5, 5.41) is 9.10. The molecule has 1 aliphatic rings. The summed E-state index contributed by atoms with van der Waals surface area (Å²) in [6.45, 7) is 6.17. The average Bonchev–Trinajstić information content (AvgIpc) is 2.66. The Kier molecular flexibility index (Phi) is 5.58. The summed E-state index contributed by atoms with van der Waals surface area (Å²) >= 11 is 0. The first-order valence-electron chi connectivity index (χ1n) is 6.04. The van der Waals surface area contributed by atoms with Crippen molar-refractivity contribution in [2.45, 2.75) is 70.9 Å². The monoisotopic (exact) mass is 216 g/mol. The van der Waals surface area contributed by atoms with Crippen LogP contribution in [0.3, 0.4) is 0 Å². The first-order chi connectivity index (χ1) is 7.09. The standard InChI is InChI=1S/C12H24O3/c1-9(13)8-14-10(2)11(3)15-12-6-4-5-7-12/h9-13H,4-8H2,1-3H3. The van der Waals surface area contributed by atoms with Gasteiger partial charge >= 0.3 is 0 Å². The van der Waals surface area contributed by atoms with Crippen molar-refractivity contribution in [2.24, 2.45) is 0 Å². The van der Waals surface area contributed by atoms with Crippen LogP contribution in [0, 0.1) is 0 Å². The molecular weight excluding hydrogens is 192 g/mol. The lowest BCUT2D eigenvalue weighted by Crippen LogP contribution is -2.31. The predicted molar refractivity (Wildman–Crippen MR) is 59.9 cm³/mol. The number of aliphatic hydroxyl groups is 1. The van der Waals surface area contributed by atoms with E-state index in [2.05, 4.69) is 0 Å². The Balaban J connectivity index is 2.16. The van der Waals surface area contributed by atoms with Crippen LogP contribution in [-0.2, 0) is 9.47 Å². The lowest BCUT2D eigenvalue weighted by atomic mass is 10.2. The summed E-state index contributed by atoms with van der Waals surface area (Å²) < 4.78 is 11.4. The molecule has 1 aliphatic carbocycles. The van der Waals surface area contributed by atoms with Gasteiger partial charge in [-0.3, -0.25) is 0 Å². The van der Waals surface area contributed by atoms with Crippen LogP contribution in [0.1, 0.15) is 46.5 Å². The molecule has 0 spiro atoms. The molecule has 0 saturated heterocycles. The number of ether oxygens (including phenoxy) is 2. The third-order valence-corrected chi connectivity index (χ3v) is 2.97. The number of aliphatic hydroxyl groups excluding tert-OH is 1. The van der Waals surface area contributed by atoms with E-state index in [0.717, 1.165) is 0 Å². The van der Waals surface area contributed by atoms with Crippen LogP contribution in [0.4, 0.5) is 0 Å². The highest BCUT2D eigenvalue weighted by molar-refractivity contribution is 4.70. The SMILES string of the molecule is CC(O)COC(C)C(C)OC1CCCC1. The van der Waals surface area contributed by atoms with Crippen molar-refractivity contribution in [1.82, 2.24) is 0 Å². The molecule has 0 aliphatic heterocycles. The van der Waals surface area contributed by atoms with Gasteiger partial charge in [0.05, 0.1) is 31.0 Å².